The molecule has 0 saturated heterocycles. The zero-order valence-corrected chi connectivity index (χ0v) is 11.5. The lowest BCUT2D eigenvalue weighted by atomic mass is 9.65. The summed E-state index contributed by atoms with van der Waals surface area (Å²) < 4.78 is 0. The average molecular weight is 231 g/mol. The number of hydrogen-bond acceptors (Lipinski definition) is 1. The third kappa shape index (κ3) is 3.10. The first-order valence-electron chi connectivity index (χ1n) is 6.91. The molecule has 1 fully saturated rings. The molecule has 1 N–H and O–H groups in total. The first-order chi connectivity index (χ1) is 8.13. The van der Waals surface area contributed by atoms with Crippen LogP contribution in [0.3, 0.4) is 0 Å². The molecule has 1 heteroatoms. The minimum atomic E-state index is 0.552. The van der Waals surface area contributed by atoms with Crippen molar-refractivity contribution in [1.82, 2.24) is 5.32 Å². The summed E-state index contributed by atoms with van der Waals surface area (Å²) in [5.74, 6) is 0. The van der Waals surface area contributed by atoms with Crippen molar-refractivity contribution in [3.63, 3.8) is 0 Å². The van der Waals surface area contributed by atoms with Crippen molar-refractivity contribution in [3.8, 4) is 0 Å². The summed E-state index contributed by atoms with van der Waals surface area (Å²) in [6.45, 7) is 8.89. The number of nitrogens with one attached hydrogen (secondary N) is 1. The lowest BCUT2D eigenvalue weighted by molar-refractivity contribution is 0.131. The molecule has 1 saturated carbocycles. The van der Waals surface area contributed by atoms with Crippen LogP contribution < -0.4 is 5.32 Å². The number of hydrogen-bond donors (Lipinski definition) is 1. The van der Waals surface area contributed by atoms with E-state index in [0.29, 0.717) is 5.41 Å². The van der Waals surface area contributed by atoms with Crippen molar-refractivity contribution in [2.45, 2.75) is 46.5 Å². The predicted octanol–water partition coefficient (Wildman–Crippen LogP) is 3.63. The highest BCUT2D eigenvalue weighted by molar-refractivity contribution is 5.29. The standard InChI is InChI=1S/C16H25N/c1-4-17-12-16(6-5-7-16)11-15-9-13(2)8-14(3)10-15/h8-10,17H,4-7,11-12H2,1-3H3. The Labute approximate surface area is 106 Å². The summed E-state index contributed by atoms with van der Waals surface area (Å²) in [7, 11) is 0. The molecule has 2 rings (SSSR count). The average Bonchev–Trinajstić information content (AvgIpc) is 2.20. The third-order valence-corrected chi connectivity index (χ3v) is 4.02. The van der Waals surface area contributed by atoms with Gasteiger partial charge in [-0.1, -0.05) is 42.7 Å². The van der Waals surface area contributed by atoms with Gasteiger partial charge in [-0.3, -0.25) is 0 Å². The van der Waals surface area contributed by atoms with Crippen molar-refractivity contribution in [2.75, 3.05) is 13.1 Å². The van der Waals surface area contributed by atoms with Crippen LogP contribution >= 0.6 is 0 Å². The smallest absolute Gasteiger partial charge is 0.00109 e. The molecular weight excluding hydrogens is 206 g/mol. The van der Waals surface area contributed by atoms with Crippen LogP contribution in [0, 0.1) is 19.3 Å². The maximum Gasteiger partial charge on any atom is 0.00109 e. The molecule has 0 radical (unpaired) electrons. The molecule has 0 amide bonds. The molecule has 0 spiro atoms. The van der Waals surface area contributed by atoms with Crippen molar-refractivity contribution < 1.29 is 0 Å². The topological polar surface area (TPSA) is 12.0 Å². The Balaban J connectivity index is 2.07. The maximum atomic E-state index is 3.54. The Morgan fingerprint density at radius 3 is 2.24 bits per heavy atom. The summed E-state index contributed by atoms with van der Waals surface area (Å²) in [6.07, 6.45) is 5.46. The van der Waals surface area contributed by atoms with Gasteiger partial charge in [0.2, 0.25) is 0 Å². The molecule has 0 aromatic heterocycles. The molecular formula is C16H25N. The Kier molecular flexibility index (Phi) is 3.88. The van der Waals surface area contributed by atoms with E-state index in [4.69, 9.17) is 0 Å². The number of benzene rings is 1. The summed E-state index contributed by atoms with van der Waals surface area (Å²) in [4.78, 5) is 0. The highest BCUT2D eigenvalue weighted by Gasteiger charge is 2.36. The first-order valence-corrected chi connectivity index (χ1v) is 6.91. The van der Waals surface area contributed by atoms with Gasteiger partial charge in [-0.25, -0.2) is 0 Å². The van der Waals surface area contributed by atoms with E-state index in [1.165, 1.54) is 48.9 Å². The second-order valence-corrected chi connectivity index (χ2v) is 5.81. The van der Waals surface area contributed by atoms with Gasteiger partial charge in [0.05, 0.1) is 0 Å². The van der Waals surface area contributed by atoms with Gasteiger partial charge in [-0.15, -0.1) is 0 Å². The number of aryl methyl sites for hydroxylation is 2. The minimum Gasteiger partial charge on any atom is -0.316 e. The second-order valence-electron chi connectivity index (χ2n) is 5.81. The molecule has 0 aliphatic heterocycles. The predicted molar refractivity (Wildman–Crippen MR) is 74.4 cm³/mol. The van der Waals surface area contributed by atoms with Crippen molar-refractivity contribution >= 4 is 0 Å². The van der Waals surface area contributed by atoms with Crippen LogP contribution in [0.2, 0.25) is 0 Å². The summed E-state index contributed by atoms with van der Waals surface area (Å²) in [6, 6.07) is 6.99. The van der Waals surface area contributed by atoms with E-state index in [2.05, 4.69) is 44.3 Å². The fourth-order valence-electron chi connectivity index (χ4n) is 3.09. The van der Waals surface area contributed by atoms with Gasteiger partial charge in [0.1, 0.15) is 0 Å². The monoisotopic (exact) mass is 231 g/mol. The van der Waals surface area contributed by atoms with Gasteiger partial charge < -0.3 is 5.32 Å². The fourth-order valence-corrected chi connectivity index (χ4v) is 3.09. The van der Waals surface area contributed by atoms with E-state index in [9.17, 15) is 0 Å². The molecule has 1 aromatic rings. The largest absolute Gasteiger partial charge is 0.316 e. The van der Waals surface area contributed by atoms with Crippen LogP contribution in [0.1, 0.15) is 42.9 Å². The first kappa shape index (κ1) is 12.6. The van der Waals surface area contributed by atoms with Gasteiger partial charge >= 0.3 is 0 Å². The van der Waals surface area contributed by atoms with Crippen molar-refractivity contribution in [1.29, 1.82) is 0 Å². The zero-order valence-electron chi connectivity index (χ0n) is 11.5. The maximum absolute atomic E-state index is 3.54. The second kappa shape index (κ2) is 5.22. The van der Waals surface area contributed by atoms with Crippen LogP contribution in [0.15, 0.2) is 18.2 Å². The van der Waals surface area contributed by atoms with Crippen LogP contribution in [0.5, 0.6) is 0 Å². The molecule has 1 aromatic carbocycles. The molecule has 94 valence electrons. The summed E-state index contributed by atoms with van der Waals surface area (Å²) in [5.41, 5.74) is 4.88. The molecule has 0 bridgehead atoms. The molecule has 1 nitrogen and oxygen atoms in total. The molecule has 1 aliphatic carbocycles. The normalized spacial score (nSPS) is 17.8. The Morgan fingerprint density at radius 2 is 1.76 bits per heavy atom. The Morgan fingerprint density at radius 1 is 1.12 bits per heavy atom. The van der Waals surface area contributed by atoms with Gasteiger partial charge in [-0.05, 0) is 50.6 Å². The van der Waals surface area contributed by atoms with Crippen LogP contribution in [-0.2, 0) is 6.42 Å². The fraction of sp³-hybridized carbons (Fsp3) is 0.625. The van der Waals surface area contributed by atoms with Crippen LogP contribution in [0.4, 0.5) is 0 Å². The van der Waals surface area contributed by atoms with E-state index in [0.717, 1.165) is 6.54 Å². The van der Waals surface area contributed by atoms with E-state index >= 15 is 0 Å². The Hall–Kier alpha value is -0.820. The van der Waals surface area contributed by atoms with Crippen molar-refractivity contribution in [3.05, 3.63) is 34.9 Å². The highest BCUT2D eigenvalue weighted by atomic mass is 14.9. The van der Waals surface area contributed by atoms with Gasteiger partial charge in [0.15, 0.2) is 0 Å². The quantitative estimate of drug-likeness (QED) is 0.816. The van der Waals surface area contributed by atoms with E-state index in [1.54, 1.807) is 0 Å². The molecule has 0 heterocycles. The number of rotatable bonds is 5. The highest BCUT2D eigenvalue weighted by Crippen LogP contribution is 2.43. The van der Waals surface area contributed by atoms with E-state index in [-0.39, 0.29) is 0 Å². The minimum absolute atomic E-state index is 0.552. The summed E-state index contributed by atoms with van der Waals surface area (Å²) >= 11 is 0. The molecule has 0 atom stereocenters. The summed E-state index contributed by atoms with van der Waals surface area (Å²) in [5, 5.41) is 3.54. The van der Waals surface area contributed by atoms with Crippen LogP contribution in [0.25, 0.3) is 0 Å². The van der Waals surface area contributed by atoms with Crippen LogP contribution in [-0.4, -0.2) is 13.1 Å². The molecule has 1 aliphatic rings. The lowest BCUT2D eigenvalue weighted by Gasteiger charge is -2.42. The van der Waals surface area contributed by atoms with Gasteiger partial charge in [-0.2, -0.15) is 0 Å². The van der Waals surface area contributed by atoms with E-state index in [1.807, 2.05) is 0 Å². The van der Waals surface area contributed by atoms with Gasteiger partial charge in [0.25, 0.3) is 0 Å². The van der Waals surface area contributed by atoms with Gasteiger partial charge in [0, 0.05) is 6.54 Å². The SMILES string of the molecule is CCNCC1(Cc2cc(C)cc(C)c2)CCC1. The van der Waals surface area contributed by atoms with E-state index < -0.39 is 0 Å². The molecule has 0 unspecified atom stereocenters. The lowest BCUT2D eigenvalue weighted by Crippen LogP contribution is -2.41. The molecule has 17 heavy (non-hydrogen) atoms. The Bertz CT molecular complexity index is 357. The zero-order chi connectivity index (χ0) is 12.3. The van der Waals surface area contributed by atoms with Crippen molar-refractivity contribution in [2.24, 2.45) is 5.41 Å². The third-order valence-electron chi connectivity index (χ3n) is 4.02.